The zero-order chi connectivity index (χ0) is 9.68. The van der Waals surface area contributed by atoms with Gasteiger partial charge in [0.15, 0.2) is 0 Å². The average molecular weight is 256 g/mol. The Bertz CT molecular complexity index is 356. The molecular formula is C11H8BrCl. The molecule has 0 aliphatic rings. The maximum Gasteiger partial charge on any atom is 0.0587 e. The Hall–Kier alpha value is -0.750. The molecule has 66 valence electrons. The molecular weight excluding hydrogens is 247 g/mol. The molecule has 0 fully saturated rings. The van der Waals surface area contributed by atoms with Crippen LogP contribution in [0.2, 0.25) is 5.02 Å². The van der Waals surface area contributed by atoms with Crippen LogP contribution in [0, 0.1) is 0 Å². The fourth-order valence-corrected chi connectivity index (χ4v) is 1.06. The Morgan fingerprint density at radius 1 is 1.38 bits per heavy atom. The van der Waals surface area contributed by atoms with Gasteiger partial charge in [-0.05, 0) is 39.7 Å². The zero-order valence-electron chi connectivity index (χ0n) is 6.93. The highest BCUT2D eigenvalue weighted by Gasteiger charge is 1.87. The van der Waals surface area contributed by atoms with E-state index < -0.39 is 0 Å². The second-order valence-corrected chi connectivity index (χ2v) is 3.70. The van der Waals surface area contributed by atoms with Crippen molar-refractivity contribution in [3.8, 4) is 0 Å². The van der Waals surface area contributed by atoms with E-state index in [9.17, 15) is 0 Å². The van der Waals surface area contributed by atoms with E-state index in [2.05, 4.69) is 28.2 Å². The van der Waals surface area contributed by atoms with Gasteiger partial charge in [-0.15, -0.1) is 5.73 Å². The fraction of sp³-hybridized carbons (Fsp3) is 0. The van der Waals surface area contributed by atoms with Gasteiger partial charge in [0.1, 0.15) is 0 Å². The van der Waals surface area contributed by atoms with E-state index in [4.69, 9.17) is 11.6 Å². The van der Waals surface area contributed by atoms with Crippen LogP contribution in [0.3, 0.4) is 0 Å². The van der Waals surface area contributed by atoms with Gasteiger partial charge >= 0.3 is 0 Å². The van der Waals surface area contributed by atoms with E-state index in [0.717, 1.165) is 15.1 Å². The van der Waals surface area contributed by atoms with Crippen molar-refractivity contribution < 1.29 is 0 Å². The molecule has 0 N–H and O–H groups in total. The molecule has 1 aromatic rings. The highest BCUT2D eigenvalue weighted by atomic mass is 79.9. The number of halogens is 2. The lowest BCUT2D eigenvalue weighted by Gasteiger charge is -1.92. The summed E-state index contributed by atoms with van der Waals surface area (Å²) in [6.07, 6.45) is 3.84. The molecule has 0 aliphatic carbocycles. The largest absolute Gasteiger partial charge is 0.113 e. The summed E-state index contributed by atoms with van der Waals surface area (Å²) < 4.78 is 0.836. The molecule has 0 saturated heterocycles. The van der Waals surface area contributed by atoms with Crippen molar-refractivity contribution in [2.75, 3.05) is 0 Å². The summed E-state index contributed by atoms with van der Waals surface area (Å²) in [6, 6.07) is 7.60. The predicted octanol–water partition coefficient (Wildman–Crippen LogP) is 4.42. The summed E-state index contributed by atoms with van der Waals surface area (Å²) in [7, 11) is 0. The van der Waals surface area contributed by atoms with Gasteiger partial charge in [0.25, 0.3) is 0 Å². The minimum atomic E-state index is 0.746. The quantitative estimate of drug-likeness (QED) is 0.542. The molecule has 0 amide bonds. The molecule has 1 rings (SSSR count). The van der Waals surface area contributed by atoms with Crippen LogP contribution in [0.15, 0.2) is 47.1 Å². The first-order chi connectivity index (χ1) is 6.22. The first-order valence-corrected chi connectivity index (χ1v) is 4.88. The Kier molecular flexibility index (Phi) is 4.04. The monoisotopic (exact) mass is 254 g/mol. The van der Waals surface area contributed by atoms with Gasteiger partial charge < -0.3 is 0 Å². The highest BCUT2D eigenvalue weighted by molar-refractivity contribution is 9.11. The van der Waals surface area contributed by atoms with Gasteiger partial charge in [-0.2, -0.15) is 0 Å². The van der Waals surface area contributed by atoms with Crippen molar-refractivity contribution in [1.29, 1.82) is 0 Å². The van der Waals surface area contributed by atoms with Gasteiger partial charge in [-0.3, -0.25) is 0 Å². The summed E-state index contributed by atoms with van der Waals surface area (Å²) in [5.74, 6) is 0. The second-order valence-electron chi connectivity index (χ2n) is 2.41. The lowest BCUT2D eigenvalue weighted by molar-refractivity contribution is 1.66. The van der Waals surface area contributed by atoms with E-state index in [-0.39, 0.29) is 0 Å². The molecule has 0 radical (unpaired) electrons. The number of rotatable bonds is 2. The minimum absolute atomic E-state index is 0.746. The van der Waals surface area contributed by atoms with Gasteiger partial charge in [0, 0.05) is 5.02 Å². The van der Waals surface area contributed by atoms with Crippen LogP contribution in [0.4, 0.5) is 0 Å². The van der Waals surface area contributed by atoms with Crippen molar-refractivity contribution in [2.45, 2.75) is 0 Å². The second kappa shape index (κ2) is 5.08. The molecule has 0 unspecified atom stereocenters. The maximum atomic E-state index is 5.74. The van der Waals surface area contributed by atoms with Gasteiger partial charge in [-0.25, -0.2) is 0 Å². The molecule has 0 heterocycles. The summed E-state index contributed by atoms with van der Waals surface area (Å²) in [5.41, 5.74) is 3.81. The van der Waals surface area contributed by atoms with Crippen molar-refractivity contribution >= 4 is 33.6 Å². The van der Waals surface area contributed by atoms with E-state index in [0.29, 0.717) is 0 Å². The predicted molar refractivity (Wildman–Crippen MR) is 62.1 cm³/mol. The molecule has 13 heavy (non-hydrogen) atoms. The van der Waals surface area contributed by atoms with E-state index >= 15 is 0 Å². The maximum absolute atomic E-state index is 5.74. The lowest BCUT2D eigenvalue weighted by atomic mass is 10.2. The molecule has 1 aromatic carbocycles. The minimum Gasteiger partial charge on any atom is -0.113 e. The van der Waals surface area contributed by atoms with Crippen molar-refractivity contribution in [3.05, 3.63) is 57.7 Å². The van der Waals surface area contributed by atoms with Crippen molar-refractivity contribution in [2.24, 2.45) is 0 Å². The van der Waals surface area contributed by atoms with E-state index in [1.165, 1.54) is 0 Å². The molecule has 0 spiro atoms. The van der Waals surface area contributed by atoms with Gasteiger partial charge in [0.05, 0.1) is 4.48 Å². The molecule has 0 bridgehead atoms. The first kappa shape index (κ1) is 10.3. The van der Waals surface area contributed by atoms with Gasteiger partial charge in [0.2, 0.25) is 0 Å². The number of hydrogen-bond acceptors (Lipinski definition) is 0. The topological polar surface area (TPSA) is 0 Å². The Morgan fingerprint density at radius 3 is 2.54 bits per heavy atom. The number of benzene rings is 1. The zero-order valence-corrected chi connectivity index (χ0v) is 9.27. The van der Waals surface area contributed by atoms with Crippen LogP contribution in [0.5, 0.6) is 0 Å². The van der Waals surface area contributed by atoms with Crippen molar-refractivity contribution in [3.63, 3.8) is 0 Å². The highest BCUT2D eigenvalue weighted by Crippen LogP contribution is 2.12. The summed E-state index contributed by atoms with van der Waals surface area (Å²) in [4.78, 5) is 0. The van der Waals surface area contributed by atoms with E-state index in [1.807, 2.05) is 36.4 Å². The Balaban J connectivity index is 2.81. The van der Waals surface area contributed by atoms with E-state index in [1.54, 1.807) is 0 Å². The van der Waals surface area contributed by atoms with Crippen LogP contribution in [-0.2, 0) is 0 Å². The summed E-state index contributed by atoms with van der Waals surface area (Å²) in [6.45, 7) is 3.51. The van der Waals surface area contributed by atoms with Crippen LogP contribution in [0.25, 0.3) is 6.08 Å². The molecule has 0 saturated carbocycles. The summed E-state index contributed by atoms with van der Waals surface area (Å²) >= 11 is 9.02. The smallest absolute Gasteiger partial charge is 0.0587 e. The number of hydrogen-bond donors (Lipinski definition) is 0. The average Bonchev–Trinajstić information content (AvgIpc) is 2.16. The van der Waals surface area contributed by atoms with Crippen LogP contribution in [-0.4, -0.2) is 0 Å². The van der Waals surface area contributed by atoms with Gasteiger partial charge in [-0.1, -0.05) is 36.4 Å². The molecule has 0 atom stereocenters. The molecule has 0 nitrogen and oxygen atoms in total. The first-order valence-electron chi connectivity index (χ1n) is 3.71. The fourth-order valence-electron chi connectivity index (χ4n) is 0.802. The normalized spacial score (nSPS) is 10.0. The lowest BCUT2D eigenvalue weighted by Crippen LogP contribution is -1.69. The Labute approximate surface area is 91.4 Å². The van der Waals surface area contributed by atoms with Crippen LogP contribution < -0.4 is 0 Å². The third-order valence-electron chi connectivity index (χ3n) is 1.46. The molecule has 2 heteroatoms. The van der Waals surface area contributed by atoms with Crippen LogP contribution >= 0.6 is 27.5 Å². The molecule has 0 aliphatic heterocycles. The summed E-state index contributed by atoms with van der Waals surface area (Å²) in [5, 5.41) is 0.746. The third-order valence-corrected chi connectivity index (χ3v) is 2.26. The SMILES string of the molecule is C=C=C(Br)/C=C/c1ccc(Cl)cc1. The van der Waals surface area contributed by atoms with Crippen molar-refractivity contribution in [1.82, 2.24) is 0 Å². The standard InChI is InChI=1S/C11H8BrCl/c1-2-10(12)6-3-9-4-7-11(13)8-5-9/h3-8H,1H2/b6-3+. The molecule has 0 aromatic heterocycles. The van der Waals surface area contributed by atoms with Crippen LogP contribution in [0.1, 0.15) is 5.56 Å². The Morgan fingerprint density at radius 2 is 2.00 bits per heavy atom. The third kappa shape index (κ3) is 3.65. The number of allylic oxidation sites excluding steroid dienone is 2.